The quantitative estimate of drug-likeness (QED) is 0.673. The summed E-state index contributed by atoms with van der Waals surface area (Å²) in [6.07, 6.45) is 1.57. The van der Waals surface area contributed by atoms with E-state index in [9.17, 15) is 4.79 Å². The van der Waals surface area contributed by atoms with Crippen molar-refractivity contribution in [2.75, 3.05) is 0 Å². The lowest BCUT2D eigenvalue weighted by molar-refractivity contribution is -0.119. The first-order valence-electron chi connectivity index (χ1n) is 4.62. The number of carbonyl (C=O) groups is 1. The van der Waals surface area contributed by atoms with Crippen LogP contribution in [0.5, 0.6) is 0 Å². The molecule has 0 saturated carbocycles. The Bertz CT molecular complexity index is 341. The van der Waals surface area contributed by atoms with Gasteiger partial charge in [0.1, 0.15) is 0 Å². The van der Waals surface area contributed by atoms with E-state index < -0.39 is 0 Å². The fraction of sp³-hybridized carbons (Fsp3) is 0.500. The summed E-state index contributed by atoms with van der Waals surface area (Å²) < 4.78 is 0. The number of aromatic nitrogens is 1. The third-order valence-electron chi connectivity index (χ3n) is 2.53. The smallest absolute Gasteiger partial charge is 0.220 e. The van der Waals surface area contributed by atoms with Gasteiger partial charge in [0.2, 0.25) is 5.91 Å². The van der Waals surface area contributed by atoms with Gasteiger partial charge < -0.3 is 10.3 Å². The molecule has 3 heteroatoms. The van der Waals surface area contributed by atoms with Crippen LogP contribution < -0.4 is 5.32 Å². The number of aryl methyl sites for hydroxylation is 2. The van der Waals surface area contributed by atoms with Gasteiger partial charge in [-0.2, -0.15) is 0 Å². The normalized spacial score (nSPS) is 22.0. The lowest BCUT2D eigenvalue weighted by Gasteiger charge is -2.08. The molecule has 1 fully saturated rings. The number of nitrogens with one attached hydrogen (secondary N) is 2. The summed E-state index contributed by atoms with van der Waals surface area (Å²) in [6.45, 7) is 4.11. The number of hydrogen-bond donors (Lipinski definition) is 2. The molecule has 2 rings (SSSR count). The SMILES string of the molecule is Cc1cc(C)c(C2CCC(=O)N2)[nH]1. The summed E-state index contributed by atoms with van der Waals surface area (Å²) in [4.78, 5) is 14.3. The van der Waals surface area contributed by atoms with Gasteiger partial charge in [0, 0.05) is 17.8 Å². The second-order valence-corrected chi connectivity index (χ2v) is 3.71. The van der Waals surface area contributed by atoms with E-state index in [0.717, 1.165) is 12.1 Å². The molecule has 1 unspecified atom stereocenters. The number of carbonyl (C=O) groups excluding carboxylic acids is 1. The first kappa shape index (κ1) is 8.35. The van der Waals surface area contributed by atoms with Gasteiger partial charge in [-0.05, 0) is 31.9 Å². The Labute approximate surface area is 77.5 Å². The predicted octanol–water partition coefficient (Wildman–Crippen LogP) is 1.58. The number of aromatic amines is 1. The van der Waals surface area contributed by atoms with Crippen molar-refractivity contribution in [3.8, 4) is 0 Å². The lowest BCUT2D eigenvalue weighted by atomic mass is 10.1. The minimum absolute atomic E-state index is 0.164. The Morgan fingerprint density at radius 1 is 1.46 bits per heavy atom. The second kappa shape index (κ2) is 2.91. The van der Waals surface area contributed by atoms with Crippen molar-refractivity contribution in [1.29, 1.82) is 0 Å². The molecule has 0 aliphatic carbocycles. The van der Waals surface area contributed by atoms with E-state index in [1.54, 1.807) is 0 Å². The van der Waals surface area contributed by atoms with Crippen LogP contribution >= 0.6 is 0 Å². The van der Waals surface area contributed by atoms with Crippen molar-refractivity contribution >= 4 is 5.91 Å². The number of H-pyrrole nitrogens is 1. The van der Waals surface area contributed by atoms with Crippen LogP contribution in [-0.4, -0.2) is 10.9 Å². The zero-order valence-electron chi connectivity index (χ0n) is 7.98. The maximum atomic E-state index is 11.0. The molecule has 0 radical (unpaired) electrons. The van der Waals surface area contributed by atoms with E-state index in [1.807, 2.05) is 6.92 Å². The van der Waals surface area contributed by atoms with Crippen molar-refractivity contribution in [3.05, 3.63) is 23.0 Å². The maximum Gasteiger partial charge on any atom is 0.220 e. The molecule has 2 N–H and O–H groups in total. The minimum Gasteiger partial charge on any atom is -0.361 e. The van der Waals surface area contributed by atoms with Crippen LogP contribution in [0.4, 0.5) is 0 Å². The molecule has 1 aliphatic rings. The molecule has 1 amide bonds. The van der Waals surface area contributed by atoms with E-state index >= 15 is 0 Å². The zero-order chi connectivity index (χ0) is 9.42. The Kier molecular flexibility index (Phi) is 1.87. The molecule has 1 atom stereocenters. The molecule has 0 spiro atoms. The Morgan fingerprint density at radius 3 is 2.69 bits per heavy atom. The summed E-state index contributed by atoms with van der Waals surface area (Å²) >= 11 is 0. The van der Waals surface area contributed by atoms with Crippen LogP contribution in [0, 0.1) is 13.8 Å². The van der Waals surface area contributed by atoms with Crippen LogP contribution in [0.2, 0.25) is 0 Å². The average molecular weight is 178 g/mol. The van der Waals surface area contributed by atoms with Gasteiger partial charge in [0.15, 0.2) is 0 Å². The summed E-state index contributed by atoms with van der Waals surface area (Å²) in [5.74, 6) is 0.164. The molecule has 1 aromatic rings. The molecule has 2 heterocycles. The molecule has 0 bridgehead atoms. The fourth-order valence-electron chi connectivity index (χ4n) is 1.94. The Morgan fingerprint density at radius 2 is 2.23 bits per heavy atom. The van der Waals surface area contributed by atoms with E-state index in [1.165, 1.54) is 11.3 Å². The summed E-state index contributed by atoms with van der Waals surface area (Å²) in [5.41, 5.74) is 3.57. The van der Waals surface area contributed by atoms with E-state index in [0.29, 0.717) is 6.42 Å². The van der Waals surface area contributed by atoms with Gasteiger partial charge in [-0.25, -0.2) is 0 Å². The van der Waals surface area contributed by atoms with E-state index in [-0.39, 0.29) is 11.9 Å². The first-order valence-corrected chi connectivity index (χ1v) is 4.62. The van der Waals surface area contributed by atoms with Crippen LogP contribution in [0.1, 0.15) is 35.8 Å². The molecule has 0 aromatic carbocycles. The zero-order valence-corrected chi connectivity index (χ0v) is 7.98. The highest BCUT2D eigenvalue weighted by molar-refractivity contribution is 5.78. The molecule has 70 valence electrons. The highest BCUT2D eigenvalue weighted by Crippen LogP contribution is 2.25. The molecular weight excluding hydrogens is 164 g/mol. The summed E-state index contributed by atoms with van der Waals surface area (Å²) in [6, 6.07) is 2.32. The number of hydrogen-bond acceptors (Lipinski definition) is 1. The molecular formula is C10H14N2O. The van der Waals surface area contributed by atoms with Gasteiger partial charge in [-0.15, -0.1) is 0 Å². The molecule has 3 nitrogen and oxygen atoms in total. The van der Waals surface area contributed by atoms with Crippen LogP contribution in [0.3, 0.4) is 0 Å². The van der Waals surface area contributed by atoms with Crippen molar-refractivity contribution in [3.63, 3.8) is 0 Å². The number of amides is 1. The molecule has 1 saturated heterocycles. The highest BCUT2D eigenvalue weighted by atomic mass is 16.1. The van der Waals surface area contributed by atoms with E-state index in [2.05, 4.69) is 23.3 Å². The lowest BCUT2D eigenvalue weighted by Crippen LogP contribution is -2.19. The molecule has 13 heavy (non-hydrogen) atoms. The summed E-state index contributed by atoms with van der Waals surface area (Å²) in [5, 5.41) is 2.95. The van der Waals surface area contributed by atoms with Gasteiger partial charge in [-0.3, -0.25) is 4.79 Å². The predicted molar refractivity (Wildman–Crippen MR) is 50.4 cm³/mol. The van der Waals surface area contributed by atoms with Crippen LogP contribution in [0.15, 0.2) is 6.07 Å². The Hall–Kier alpha value is -1.25. The second-order valence-electron chi connectivity index (χ2n) is 3.71. The molecule has 1 aromatic heterocycles. The van der Waals surface area contributed by atoms with Crippen LogP contribution in [0.25, 0.3) is 0 Å². The van der Waals surface area contributed by atoms with Crippen molar-refractivity contribution < 1.29 is 4.79 Å². The molecule has 1 aliphatic heterocycles. The van der Waals surface area contributed by atoms with Crippen LogP contribution in [-0.2, 0) is 4.79 Å². The standard InChI is InChI=1S/C10H14N2O/c1-6-5-7(2)11-10(6)8-3-4-9(13)12-8/h5,8,11H,3-4H2,1-2H3,(H,12,13). The third-order valence-corrected chi connectivity index (χ3v) is 2.53. The van der Waals surface area contributed by atoms with Crippen molar-refractivity contribution in [2.45, 2.75) is 32.7 Å². The van der Waals surface area contributed by atoms with Gasteiger partial charge >= 0.3 is 0 Å². The monoisotopic (exact) mass is 178 g/mol. The number of rotatable bonds is 1. The third kappa shape index (κ3) is 1.46. The van der Waals surface area contributed by atoms with Crippen molar-refractivity contribution in [2.24, 2.45) is 0 Å². The van der Waals surface area contributed by atoms with Gasteiger partial charge in [0.25, 0.3) is 0 Å². The fourth-order valence-corrected chi connectivity index (χ4v) is 1.94. The van der Waals surface area contributed by atoms with Gasteiger partial charge in [-0.1, -0.05) is 0 Å². The Balaban J connectivity index is 2.25. The largest absolute Gasteiger partial charge is 0.361 e. The van der Waals surface area contributed by atoms with Crippen molar-refractivity contribution in [1.82, 2.24) is 10.3 Å². The van der Waals surface area contributed by atoms with Gasteiger partial charge in [0.05, 0.1) is 6.04 Å². The first-order chi connectivity index (χ1) is 6.16. The topological polar surface area (TPSA) is 44.9 Å². The van der Waals surface area contributed by atoms with E-state index in [4.69, 9.17) is 0 Å². The average Bonchev–Trinajstić information content (AvgIpc) is 2.58. The maximum absolute atomic E-state index is 11.0. The summed E-state index contributed by atoms with van der Waals surface area (Å²) in [7, 11) is 0. The minimum atomic E-state index is 0.164. The highest BCUT2D eigenvalue weighted by Gasteiger charge is 2.24.